The Labute approximate surface area is 203 Å². The van der Waals surface area contributed by atoms with E-state index in [1.807, 2.05) is 16.5 Å². The van der Waals surface area contributed by atoms with Gasteiger partial charge in [0.05, 0.1) is 11.9 Å². The molecular formula is C24H28FN5O4S. The van der Waals surface area contributed by atoms with Gasteiger partial charge < -0.3 is 4.90 Å². The van der Waals surface area contributed by atoms with Crippen molar-refractivity contribution in [2.75, 3.05) is 12.8 Å². The molecule has 0 spiro atoms. The number of hydrogen-bond acceptors (Lipinski definition) is 6. The van der Waals surface area contributed by atoms with Crippen LogP contribution in [0.1, 0.15) is 66.1 Å². The summed E-state index contributed by atoms with van der Waals surface area (Å²) in [6, 6.07) is 7.12. The largest absolute Gasteiger partial charge is 0.335 e. The van der Waals surface area contributed by atoms with E-state index in [0.717, 1.165) is 43.7 Å². The molecule has 1 aromatic carbocycles. The monoisotopic (exact) mass is 501 g/mol. The van der Waals surface area contributed by atoms with Crippen LogP contribution in [-0.4, -0.2) is 58.6 Å². The minimum atomic E-state index is -3.77. The maximum Gasteiger partial charge on any atom is 0.272 e. The summed E-state index contributed by atoms with van der Waals surface area (Å²) in [6.07, 6.45) is 5.56. The first-order chi connectivity index (χ1) is 16.6. The van der Waals surface area contributed by atoms with Crippen molar-refractivity contribution in [3.63, 3.8) is 0 Å². The van der Waals surface area contributed by atoms with Gasteiger partial charge in [0.15, 0.2) is 5.65 Å². The molecular weight excluding hydrogens is 473 g/mol. The van der Waals surface area contributed by atoms with E-state index in [2.05, 4.69) is 17.0 Å². The zero-order chi connectivity index (χ0) is 25.3. The number of amides is 2. The van der Waals surface area contributed by atoms with E-state index in [9.17, 15) is 22.4 Å². The lowest BCUT2D eigenvalue weighted by molar-refractivity contribution is 0.0691. The van der Waals surface area contributed by atoms with E-state index in [4.69, 9.17) is 0 Å². The van der Waals surface area contributed by atoms with E-state index in [1.165, 1.54) is 12.1 Å². The smallest absolute Gasteiger partial charge is 0.272 e. The van der Waals surface area contributed by atoms with Gasteiger partial charge in [-0.2, -0.15) is 5.10 Å². The maximum atomic E-state index is 14.9. The third-order valence-corrected chi connectivity index (χ3v) is 6.74. The van der Waals surface area contributed by atoms with Gasteiger partial charge in [0.2, 0.25) is 10.0 Å². The molecule has 0 saturated carbocycles. The summed E-state index contributed by atoms with van der Waals surface area (Å²) in [7, 11) is -3.77. The van der Waals surface area contributed by atoms with Gasteiger partial charge in [-0.15, -0.1) is 0 Å². The highest BCUT2D eigenvalue weighted by Gasteiger charge is 2.25. The fourth-order valence-corrected chi connectivity index (χ4v) is 4.80. The van der Waals surface area contributed by atoms with E-state index >= 15 is 0 Å². The number of carbonyl (C=O) groups excluding carboxylic acids is 2. The highest BCUT2D eigenvalue weighted by atomic mass is 32.2. The Morgan fingerprint density at radius 2 is 1.94 bits per heavy atom. The van der Waals surface area contributed by atoms with Crippen LogP contribution >= 0.6 is 0 Å². The number of halogens is 1. The predicted molar refractivity (Wildman–Crippen MR) is 129 cm³/mol. The van der Waals surface area contributed by atoms with Gasteiger partial charge in [0.1, 0.15) is 11.5 Å². The number of fused-ring (bicyclic) bond motifs is 1. The minimum Gasteiger partial charge on any atom is -0.335 e. The molecule has 35 heavy (non-hydrogen) atoms. The van der Waals surface area contributed by atoms with Gasteiger partial charge >= 0.3 is 0 Å². The maximum absolute atomic E-state index is 14.9. The number of carbonyl (C=O) groups is 2. The highest BCUT2D eigenvalue weighted by Crippen LogP contribution is 2.25. The van der Waals surface area contributed by atoms with Crippen LogP contribution in [0.2, 0.25) is 0 Å². The Balaban J connectivity index is 1.69. The molecule has 0 bridgehead atoms. The first kappa shape index (κ1) is 24.8. The van der Waals surface area contributed by atoms with Crippen LogP contribution in [0.5, 0.6) is 0 Å². The molecule has 1 N–H and O–H groups in total. The molecule has 3 heterocycles. The number of sulfonamides is 1. The summed E-state index contributed by atoms with van der Waals surface area (Å²) in [5, 5.41) is 4.48. The summed E-state index contributed by atoms with van der Waals surface area (Å²) in [5.41, 5.74) is 1.80. The summed E-state index contributed by atoms with van der Waals surface area (Å²) in [5.74, 6) is -1.78. The Kier molecular flexibility index (Phi) is 6.88. The second-order valence-electron chi connectivity index (χ2n) is 8.88. The Hall–Kier alpha value is -3.34. The normalized spacial score (nSPS) is 16.8. The quantitative estimate of drug-likeness (QED) is 0.574. The zero-order valence-electron chi connectivity index (χ0n) is 19.9. The van der Waals surface area contributed by atoms with Crippen molar-refractivity contribution < 1.29 is 22.4 Å². The minimum absolute atomic E-state index is 0.119. The van der Waals surface area contributed by atoms with Crippen molar-refractivity contribution in [1.82, 2.24) is 24.2 Å². The molecule has 2 aromatic heterocycles. The number of hydrogen-bond donors (Lipinski definition) is 1. The number of benzene rings is 1. The molecule has 4 rings (SSSR count). The van der Waals surface area contributed by atoms with Crippen molar-refractivity contribution in [1.29, 1.82) is 0 Å². The SMILES string of the molecule is CCc1cc(C(=O)N2CCCCCC2C)nc2cc(-c3ccc(C(=O)NS(C)(=O)=O)cc3F)nn12. The van der Waals surface area contributed by atoms with Gasteiger partial charge in [-0.25, -0.2) is 27.0 Å². The van der Waals surface area contributed by atoms with Crippen LogP contribution in [0.25, 0.3) is 16.9 Å². The third-order valence-electron chi connectivity index (χ3n) is 6.18. The molecule has 1 unspecified atom stereocenters. The van der Waals surface area contributed by atoms with Gasteiger partial charge in [-0.05, 0) is 50.5 Å². The summed E-state index contributed by atoms with van der Waals surface area (Å²) in [6.45, 7) is 4.69. The number of aromatic nitrogens is 3. The van der Waals surface area contributed by atoms with Crippen LogP contribution in [0.4, 0.5) is 4.39 Å². The van der Waals surface area contributed by atoms with E-state index in [0.29, 0.717) is 24.3 Å². The lowest BCUT2D eigenvalue weighted by Gasteiger charge is -2.27. The van der Waals surface area contributed by atoms with E-state index in [-0.39, 0.29) is 28.8 Å². The molecule has 3 aromatic rings. The lowest BCUT2D eigenvalue weighted by atomic mass is 10.1. The van der Waals surface area contributed by atoms with Crippen LogP contribution in [0.3, 0.4) is 0 Å². The standard InChI is InChI=1S/C24H28FN5O4S/c1-4-17-13-21(24(32)29-11-7-5-6-8-15(29)2)26-22-14-20(27-30(17)22)18-10-9-16(12-19(18)25)23(31)28-35(3,33)34/h9-10,12-15H,4-8,11H2,1-3H3,(H,28,31). The third kappa shape index (κ3) is 5.34. The summed E-state index contributed by atoms with van der Waals surface area (Å²) >= 11 is 0. The molecule has 11 heteroatoms. The Bertz CT molecular complexity index is 1400. The number of rotatable bonds is 5. The van der Waals surface area contributed by atoms with E-state index in [1.54, 1.807) is 16.6 Å². The summed E-state index contributed by atoms with van der Waals surface area (Å²) in [4.78, 5) is 31.8. The fourth-order valence-electron chi connectivity index (χ4n) is 4.35. The summed E-state index contributed by atoms with van der Waals surface area (Å²) < 4.78 is 40.9. The zero-order valence-corrected chi connectivity index (χ0v) is 20.7. The molecule has 186 valence electrons. The number of nitrogens with zero attached hydrogens (tertiary/aromatic N) is 4. The molecule has 1 saturated heterocycles. The van der Waals surface area contributed by atoms with Crippen molar-refractivity contribution in [2.24, 2.45) is 0 Å². The molecule has 2 amide bonds. The van der Waals surface area contributed by atoms with E-state index < -0.39 is 21.7 Å². The Morgan fingerprint density at radius 1 is 1.17 bits per heavy atom. The van der Waals surface area contributed by atoms with Crippen molar-refractivity contribution >= 4 is 27.5 Å². The van der Waals surface area contributed by atoms with Crippen LogP contribution in [0, 0.1) is 5.82 Å². The van der Waals surface area contributed by atoms with Gasteiger partial charge in [0.25, 0.3) is 11.8 Å². The second-order valence-corrected chi connectivity index (χ2v) is 10.6. The van der Waals surface area contributed by atoms with Gasteiger partial charge in [-0.1, -0.05) is 19.8 Å². The molecule has 9 nitrogen and oxygen atoms in total. The highest BCUT2D eigenvalue weighted by molar-refractivity contribution is 7.89. The van der Waals surface area contributed by atoms with Crippen LogP contribution < -0.4 is 4.72 Å². The van der Waals surface area contributed by atoms with Crippen molar-refractivity contribution in [2.45, 2.75) is 52.0 Å². The average Bonchev–Trinajstić information content (AvgIpc) is 3.11. The number of aryl methyl sites for hydroxylation is 1. The van der Waals surface area contributed by atoms with Crippen LogP contribution in [-0.2, 0) is 16.4 Å². The first-order valence-electron chi connectivity index (χ1n) is 11.6. The molecule has 0 aliphatic carbocycles. The topological polar surface area (TPSA) is 114 Å². The first-order valence-corrected chi connectivity index (χ1v) is 13.5. The molecule has 0 radical (unpaired) electrons. The molecule has 1 atom stereocenters. The van der Waals surface area contributed by atoms with Crippen molar-refractivity contribution in [3.05, 3.63) is 53.1 Å². The fraction of sp³-hybridized carbons (Fsp3) is 0.417. The number of nitrogens with one attached hydrogen (secondary N) is 1. The number of likely N-dealkylation sites (tertiary alicyclic amines) is 1. The Morgan fingerprint density at radius 3 is 2.63 bits per heavy atom. The average molecular weight is 502 g/mol. The predicted octanol–water partition coefficient (Wildman–Crippen LogP) is 3.19. The lowest BCUT2D eigenvalue weighted by Crippen LogP contribution is -2.38. The molecule has 1 aliphatic rings. The second kappa shape index (κ2) is 9.73. The van der Waals surface area contributed by atoms with Crippen LogP contribution in [0.15, 0.2) is 30.3 Å². The van der Waals surface area contributed by atoms with Gasteiger partial charge in [-0.3, -0.25) is 9.59 Å². The van der Waals surface area contributed by atoms with Crippen molar-refractivity contribution in [3.8, 4) is 11.3 Å². The van der Waals surface area contributed by atoms with Gasteiger partial charge in [0, 0.05) is 35.5 Å². The molecule has 1 aliphatic heterocycles. The molecule has 1 fully saturated rings.